The van der Waals surface area contributed by atoms with Gasteiger partial charge in [0.05, 0.1) is 13.2 Å². The molecule has 0 aliphatic heterocycles. The van der Waals surface area contributed by atoms with Crippen LogP contribution in [0.4, 0.5) is 0 Å². The first-order chi connectivity index (χ1) is 12.1. The number of carbonyl (C=O) groups is 1. The fraction of sp³-hybridized carbons (Fsp3) is 0.750. The van der Waals surface area contributed by atoms with Crippen LogP contribution in [0.25, 0.3) is 0 Å². The van der Waals surface area contributed by atoms with Gasteiger partial charge in [0, 0.05) is 13.5 Å². The lowest BCUT2D eigenvalue weighted by molar-refractivity contribution is -0.140. The molecule has 0 aromatic heterocycles. The van der Waals surface area contributed by atoms with E-state index in [4.69, 9.17) is 4.74 Å². The summed E-state index contributed by atoms with van der Waals surface area (Å²) in [5, 5.41) is 19.6. The fourth-order valence-corrected chi connectivity index (χ4v) is 2.46. The monoisotopic (exact) mass is 356 g/mol. The molecule has 0 radical (unpaired) electrons. The third-order valence-electron chi connectivity index (χ3n) is 4.17. The van der Waals surface area contributed by atoms with Gasteiger partial charge in [0.2, 0.25) is 0 Å². The van der Waals surface area contributed by atoms with Gasteiger partial charge >= 0.3 is 5.97 Å². The maximum Gasteiger partial charge on any atom is 0.305 e. The first-order valence-electron chi connectivity index (χ1n) is 9.34. The topological polar surface area (TPSA) is 76.0 Å². The fourth-order valence-electron chi connectivity index (χ4n) is 2.46. The van der Waals surface area contributed by atoms with Crippen molar-refractivity contribution >= 4 is 5.97 Å². The minimum absolute atomic E-state index is 0.122. The number of esters is 1. The number of aliphatic hydroxyl groups is 2. The normalized spacial score (nSPS) is 15.6. The van der Waals surface area contributed by atoms with Crippen molar-refractivity contribution in [3.63, 3.8) is 0 Å². The zero-order valence-corrected chi connectivity index (χ0v) is 16.0. The summed E-state index contributed by atoms with van der Waals surface area (Å²) in [6, 6.07) is 0. The second kappa shape index (κ2) is 16.3. The van der Waals surface area contributed by atoms with Gasteiger partial charge in [-0.25, -0.2) is 0 Å². The molecular weight excluding hydrogens is 320 g/mol. The number of methoxy groups -OCH3 is 2. The maximum absolute atomic E-state index is 10.9. The van der Waals surface area contributed by atoms with Gasteiger partial charge < -0.3 is 19.7 Å². The zero-order chi connectivity index (χ0) is 18.9. The summed E-state index contributed by atoms with van der Waals surface area (Å²) in [5.74, 6) is -0.122. The van der Waals surface area contributed by atoms with Crippen LogP contribution in [0.3, 0.4) is 0 Å². The Morgan fingerprint density at radius 1 is 1.00 bits per heavy atom. The van der Waals surface area contributed by atoms with Crippen molar-refractivity contribution in [2.75, 3.05) is 14.2 Å². The van der Waals surface area contributed by atoms with E-state index in [1.165, 1.54) is 20.6 Å². The van der Waals surface area contributed by atoms with Crippen LogP contribution in [0, 0.1) is 0 Å². The molecule has 0 heterocycles. The van der Waals surface area contributed by atoms with Crippen molar-refractivity contribution in [1.82, 2.24) is 0 Å². The van der Waals surface area contributed by atoms with Crippen molar-refractivity contribution < 1.29 is 24.5 Å². The molecule has 0 aromatic rings. The third kappa shape index (κ3) is 12.8. The van der Waals surface area contributed by atoms with E-state index in [0.717, 1.165) is 38.5 Å². The molecule has 3 unspecified atom stereocenters. The van der Waals surface area contributed by atoms with Crippen molar-refractivity contribution in [2.45, 2.75) is 83.0 Å². The molecule has 0 aromatic carbocycles. The third-order valence-corrected chi connectivity index (χ3v) is 4.17. The summed E-state index contributed by atoms with van der Waals surface area (Å²) in [6.07, 6.45) is 14.2. The second-order valence-corrected chi connectivity index (χ2v) is 6.18. The lowest BCUT2D eigenvalue weighted by Gasteiger charge is -2.22. The molecule has 0 amide bonds. The summed E-state index contributed by atoms with van der Waals surface area (Å²) >= 11 is 0. The molecule has 3 atom stereocenters. The highest BCUT2D eigenvalue weighted by molar-refractivity contribution is 5.68. The van der Waals surface area contributed by atoms with Gasteiger partial charge in [-0.1, -0.05) is 50.5 Å². The van der Waals surface area contributed by atoms with Crippen LogP contribution in [0.1, 0.15) is 64.7 Å². The average molecular weight is 357 g/mol. The largest absolute Gasteiger partial charge is 0.469 e. The number of ether oxygens (including phenoxy) is 2. The van der Waals surface area contributed by atoms with Crippen molar-refractivity contribution in [3.05, 3.63) is 24.3 Å². The Bertz CT molecular complexity index is 378. The smallest absolute Gasteiger partial charge is 0.305 e. The van der Waals surface area contributed by atoms with Crippen molar-refractivity contribution in [1.29, 1.82) is 0 Å². The predicted molar refractivity (Wildman–Crippen MR) is 100 cm³/mol. The molecule has 25 heavy (non-hydrogen) atoms. The van der Waals surface area contributed by atoms with Crippen LogP contribution in [-0.2, 0) is 14.3 Å². The SMILES string of the molecule is CCC(O)C(O)C(C=CCC=CCCCCCCCC(=O)OC)OC. The molecule has 5 nitrogen and oxygen atoms in total. The molecule has 146 valence electrons. The molecule has 2 N–H and O–H groups in total. The predicted octanol–water partition coefficient (Wildman–Crippen LogP) is 3.54. The van der Waals surface area contributed by atoms with Gasteiger partial charge in [0.15, 0.2) is 0 Å². The van der Waals surface area contributed by atoms with Crippen LogP contribution in [0.15, 0.2) is 24.3 Å². The Kier molecular flexibility index (Phi) is 15.5. The quantitative estimate of drug-likeness (QED) is 0.267. The zero-order valence-electron chi connectivity index (χ0n) is 16.0. The first kappa shape index (κ1) is 23.8. The lowest BCUT2D eigenvalue weighted by atomic mass is 10.1. The Hall–Kier alpha value is -1.17. The molecule has 0 aliphatic carbocycles. The van der Waals surface area contributed by atoms with E-state index >= 15 is 0 Å². The van der Waals surface area contributed by atoms with E-state index in [-0.39, 0.29) is 5.97 Å². The number of hydrogen-bond acceptors (Lipinski definition) is 5. The van der Waals surface area contributed by atoms with E-state index in [2.05, 4.69) is 16.9 Å². The van der Waals surface area contributed by atoms with Gasteiger partial charge in [0.25, 0.3) is 0 Å². The molecule has 0 fully saturated rings. The summed E-state index contributed by atoms with van der Waals surface area (Å²) in [6.45, 7) is 1.83. The number of allylic oxidation sites excluding steroid dienone is 3. The average Bonchev–Trinajstić information content (AvgIpc) is 2.64. The number of carbonyl (C=O) groups excluding carboxylic acids is 1. The molecule has 0 aliphatic rings. The Morgan fingerprint density at radius 3 is 2.32 bits per heavy atom. The lowest BCUT2D eigenvalue weighted by Crippen LogP contribution is -2.36. The number of hydrogen-bond donors (Lipinski definition) is 2. The maximum atomic E-state index is 10.9. The van der Waals surface area contributed by atoms with Gasteiger partial charge in [0.1, 0.15) is 12.2 Å². The van der Waals surface area contributed by atoms with E-state index in [1.54, 1.807) is 6.08 Å². The summed E-state index contributed by atoms with van der Waals surface area (Å²) in [7, 11) is 2.96. The van der Waals surface area contributed by atoms with Gasteiger partial charge in [-0.3, -0.25) is 4.79 Å². The highest BCUT2D eigenvalue weighted by Gasteiger charge is 2.22. The number of unbranched alkanes of at least 4 members (excludes halogenated alkanes) is 5. The first-order valence-corrected chi connectivity index (χ1v) is 9.34. The minimum Gasteiger partial charge on any atom is -0.469 e. The molecule has 5 heteroatoms. The Balaban J connectivity index is 3.69. The molecular formula is C20H36O5. The molecule has 0 spiro atoms. The van der Waals surface area contributed by atoms with E-state index < -0.39 is 18.3 Å². The second-order valence-electron chi connectivity index (χ2n) is 6.18. The van der Waals surface area contributed by atoms with Gasteiger partial charge in [-0.15, -0.1) is 0 Å². The Labute approximate surface area is 152 Å². The summed E-state index contributed by atoms with van der Waals surface area (Å²) < 4.78 is 9.81. The highest BCUT2D eigenvalue weighted by Crippen LogP contribution is 2.10. The van der Waals surface area contributed by atoms with Crippen LogP contribution in [-0.4, -0.2) is 48.7 Å². The van der Waals surface area contributed by atoms with Crippen LogP contribution < -0.4 is 0 Å². The summed E-state index contributed by atoms with van der Waals surface area (Å²) in [4.78, 5) is 10.9. The standard InChI is InChI=1S/C20H36O5/c1-4-17(21)20(23)18(24-2)15-13-11-9-7-5-6-8-10-12-14-16-19(22)25-3/h7,9,13,15,17-18,20-21,23H,4-6,8,10-12,14,16H2,1-3H3. The minimum atomic E-state index is -0.894. The molecule has 0 saturated carbocycles. The van der Waals surface area contributed by atoms with Crippen molar-refractivity contribution in [3.8, 4) is 0 Å². The van der Waals surface area contributed by atoms with Crippen LogP contribution >= 0.6 is 0 Å². The van der Waals surface area contributed by atoms with Gasteiger partial charge in [-0.2, -0.15) is 0 Å². The van der Waals surface area contributed by atoms with Gasteiger partial charge in [-0.05, 0) is 32.1 Å². The molecule has 0 bridgehead atoms. The highest BCUT2D eigenvalue weighted by atomic mass is 16.5. The Morgan fingerprint density at radius 2 is 1.68 bits per heavy atom. The number of aliphatic hydroxyl groups excluding tert-OH is 2. The van der Waals surface area contributed by atoms with E-state index in [1.807, 2.05) is 13.0 Å². The van der Waals surface area contributed by atoms with Crippen LogP contribution in [0.5, 0.6) is 0 Å². The van der Waals surface area contributed by atoms with Crippen molar-refractivity contribution in [2.24, 2.45) is 0 Å². The summed E-state index contributed by atoms with van der Waals surface area (Å²) in [5.41, 5.74) is 0. The molecule has 0 rings (SSSR count). The van der Waals surface area contributed by atoms with E-state index in [0.29, 0.717) is 12.8 Å². The molecule has 0 saturated heterocycles. The number of rotatable bonds is 15. The van der Waals surface area contributed by atoms with E-state index in [9.17, 15) is 15.0 Å². The van der Waals surface area contributed by atoms with Crippen LogP contribution in [0.2, 0.25) is 0 Å².